The molecular weight excluding hydrogens is 586 g/mol. The Morgan fingerprint density at radius 1 is 1.04 bits per heavy atom. The molecule has 45 heavy (non-hydrogen) atoms. The molecule has 0 spiro atoms. The standard InChI is InChI=1S/C36H40ClN5O3/c1-35(2,3)45-31(34(43)44)28-30(42-16-14-36(4,5)15-17-42)27(20-38-32(28)37)23-12-10-22(11-13-23)19-39-33-26-18-24-8-6-7-9-25(24)29(26)40-21-41-33/h6-13,20-21,31H,14-19H2,1-5H3,(H,43,44)(H,39,40,41)/t31-/m0/s1. The lowest BCUT2D eigenvalue weighted by Gasteiger charge is -2.40. The van der Waals surface area contributed by atoms with Crippen molar-refractivity contribution in [3.05, 3.63) is 88.5 Å². The van der Waals surface area contributed by atoms with Crippen molar-refractivity contribution in [2.45, 2.75) is 72.1 Å². The Morgan fingerprint density at radius 2 is 1.76 bits per heavy atom. The Labute approximate surface area is 269 Å². The molecule has 4 aromatic rings. The van der Waals surface area contributed by atoms with Gasteiger partial charge in [0.2, 0.25) is 0 Å². The molecule has 6 rings (SSSR count). The summed E-state index contributed by atoms with van der Waals surface area (Å²) in [6, 6.07) is 16.6. The van der Waals surface area contributed by atoms with Crippen molar-refractivity contribution < 1.29 is 14.6 Å². The van der Waals surface area contributed by atoms with E-state index >= 15 is 0 Å². The van der Waals surface area contributed by atoms with Gasteiger partial charge in [-0.05, 0) is 55.7 Å². The van der Waals surface area contributed by atoms with Crippen LogP contribution in [-0.4, -0.2) is 44.7 Å². The lowest BCUT2D eigenvalue weighted by Crippen LogP contribution is -2.39. The summed E-state index contributed by atoms with van der Waals surface area (Å²) in [7, 11) is 0. The van der Waals surface area contributed by atoms with Gasteiger partial charge in [-0.25, -0.2) is 19.7 Å². The number of hydrogen-bond acceptors (Lipinski definition) is 7. The molecule has 1 aliphatic heterocycles. The summed E-state index contributed by atoms with van der Waals surface area (Å²) in [5.41, 5.74) is 8.10. The summed E-state index contributed by atoms with van der Waals surface area (Å²) in [5.74, 6) is -0.245. The number of benzene rings is 2. The van der Waals surface area contributed by atoms with Crippen LogP contribution < -0.4 is 10.2 Å². The molecule has 1 aliphatic carbocycles. The number of carbonyl (C=O) groups is 1. The fourth-order valence-electron chi connectivity index (χ4n) is 6.25. The molecular formula is C36H40ClN5O3. The van der Waals surface area contributed by atoms with E-state index in [1.807, 2.05) is 26.8 Å². The molecule has 1 fully saturated rings. The monoisotopic (exact) mass is 625 g/mol. The first kappa shape index (κ1) is 31.0. The van der Waals surface area contributed by atoms with E-state index in [4.69, 9.17) is 16.3 Å². The summed E-state index contributed by atoms with van der Waals surface area (Å²) in [6.07, 6.45) is 4.88. The van der Waals surface area contributed by atoms with Gasteiger partial charge < -0.3 is 20.1 Å². The van der Waals surface area contributed by atoms with Gasteiger partial charge in [-0.1, -0.05) is 74.0 Å². The second-order valence-electron chi connectivity index (χ2n) is 13.8. The fraction of sp³-hybridized carbons (Fsp3) is 0.389. The minimum Gasteiger partial charge on any atom is -0.479 e. The molecule has 1 atom stereocenters. The molecule has 8 nitrogen and oxygen atoms in total. The number of rotatable bonds is 8. The third-order valence-electron chi connectivity index (χ3n) is 8.74. The van der Waals surface area contributed by atoms with Crippen molar-refractivity contribution in [2.75, 3.05) is 23.3 Å². The number of fused-ring (bicyclic) bond motifs is 3. The van der Waals surface area contributed by atoms with Crippen LogP contribution in [0, 0.1) is 5.41 Å². The van der Waals surface area contributed by atoms with Crippen LogP contribution in [0.4, 0.5) is 11.5 Å². The molecule has 9 heteroatoms. The second kappa shape index (κ2) is 12.1. The Morgan fingerprint density at radius 3 is 2.44 bits per heavy atom. The number of carboxylic acids is 1. The molecule has 234 valence electrons. The summed E-state index contributed by atoms with van der Waals surface area (Å²) in [5, 5.41) is 14.0. The highest BCUT2D eigenvalue weighted by Gasteiger charge is 2.36. The van der Waals surface area contributed by atoms with Crippen LogP contribution in [-0.2, 0) is 22.5 Å². The van der Waals surface area contributed by atoms with E-state index < -0.39 is 17.7 Å². The second-order valence-corrected chi connectivity index (χ2v) is 14.1. The summed E-state index contributed by atoms with van der Waals surface area (Å²) >= 11 is 6.73. The van der Waals surface area contributed by atoms with E-state index in [9.17, 15) is 9.90 Å². The Kier molecular flexibility index (Phi) is 8.31. The maximum Gasteiger partial charge on any atom is 0.337 e. The van der Waals surface area contributed by atoms with E-state index in [1.165, 1.54) is 11.1 Å². The lowest BCUT2D eigenvalue weighted by atomic mass is 9.82. The van der Waals surface area contributed by atoms with Gasteiger partial charge in [-0.15, -0.1) is 0 Å². The zero-order chi connectivity index (χ0) is 31.9. The number of halogens is 1. The number of piperidine rings is 1. The summed E-state index contributed by atoms with van der Waals surface area (Å²) in [4.78, 5) is 28.5. The molecule has 1 saturated heterocycles. The number of hydrogen-bond donors (Lipinski definition) is 2. The van der Waals surface area contributed by atoms with E-state index in [2.05, 4.69) is 81.5 Å². The molecule has 0 unspecified atom stereocenters. The van der Waals surface area contributed by atoms with Gasteiger partial charge in [0, 0.05) is 48.9 Å². The van der Waals surface area contributed by atoms with Crippen LogP contribution in [0.5, 0.6) is 0 Å². The Hall–Kier alpha value is -4.01. The number of ether oxygens (including phenoxy) is 1. The average molecular weight is 626 g/mol. The van der Waals surface area contributed by atoms with E-state index in [-0.39, 0.29) is 10.6 Å². The predicted octanol–water partition coefficient (Wildman–Crippen LogP) is 7.94. The zero-order valence-electron chi connectivity index (χ0n) is 26.5. The number of nitrogens with zero attached hydrogens (tertiary/aromatic N) is 4. The predicted molar refractivity (Wildman–Crippen MR) is 179 cm³/mol. The maximum atomic E-state index is 12.6. The van der Waals surface area contributed by atoms with Gasteiger partial charge in [0.1, 0.15) is 17.3 Å². The topological polar surface area (TPSA) is 100 Å². The molecule has 0 bridgehead atoms. The van der Waals surface area contributed by atoms with Crippen molar-refractivity contribution in [1.82, 2.24) is 15.0 Å². The van der Waals surface area contributed by atoms with Crippen LogP contribution in [0.25, 0.3) is 22.4 Å². The van der Waals surface area contributed by atoms with Crippen LogP contribution in [0.2, 0.25) is 5.15 Å². The molecule has 0 amide bonds. The molecule has 2 N–H and O–H groups in total. The minimum absolute atomic E-state index is 0.149. The fourth-order valence-corrected chi connectivity index (χ4v) is 6.49. The first-order valence-electron chi connectivity index (χ1n) is 15.5. The summed E-state index contributed by atoms with van der Waals surface area (Å²) in [6.45, 7) is 12.2. The first-order chi connectivity index (χ1) is 21.4. The third-order valence-corrected chi connectivity index (χ3v) is 9.04. The van der Waals surface area contributed by atoms with Gasteiger partial charge in [0.25, 0.3) is 0 Å². The number of anilines is 2. The highest BCUT2D eigenvalue weighted by molar-refractivity contribution is 6.31. The van der Waals surface area contributed by atoms with Gasteiger partial charge in [-0.3, -0.25) is 0 Å². The molecule has 2 aromatic carbocycles. The Balaban J connectivity index is 1.31. The molecule has 0 radical (unpaired) electrons. The number of carboxylic acid groups (broad SMARTS) is 1. The van der Waals surface area contributed by atoms with E-state index in [0.29, 0.717) is 12.1 Å². The van der Waals surface area contributed by atoms with Crippen molar-refractivity contribution in [3.63, 3.8) is 0 Å². The van der Waals surface area contributed by atoms with Gasteiger partial charge in [0.05, 0.1) is 22.5 Å². The average Bonchev–Trinajstić information content (AvgIpc) is 3.38. The van der Waals surface area contributed by atoms with Crippen molar-refractivity contribution in [2.24, 2.45) is 5.41 Å². The van der Waals surface area contributed by atoms with Gasteiger partial charge in [-0.2, -0.15) is 0 Å². The van der Waals surface area contributed by atoms with Crippen LogP contribution in [0.3, 0.4) is 0 Å². The molecule has 0 saturated carbocycles. The number of pyridine rings is 1. The quantitative estimate of drug-likeness (QED) is 0.168. The lowest BCUT2D eigenvalue weighted by molar-refractivity contribution is -0.160. The van der Waals surface area contributed by atoms with E-state index in [0.717, 1.165) is 71.8 Å². The highest BCUT2D eigenvalue weighted by Crippen LogP contribution is 2.45. The smallest absolute Gasteiger partial charge is 0.337 e. The first-order valence-corrected chi connectivity index (χ1v) is 15.9. The van der Waals surface area contributed by atoms with Crippen molar-refractivity contribution in [3.8, 4) is 22.4 Å². The largest absolute Gasteiger partial charge is 0.479 e. The van der Waals surface area contributed by atoms with Gasteiger partial charge >= 0.3 is 5.97 Å². The normalized spacial score (nSPS) is 16.2. The van der Waals surface area contributed by atoms with Crippen LogP contribution >= 0.6 is 11.6 Å². The highest BCUT2D eigenvalue weighted by atomic mass is 35.5. The maximum absolute atomic E-state index is 12.6. The third kappa shape index (κ3) is 6.53. The van der Waals surface area contributed by atoms with Gasteiger partial charge in [0.15, 0.2) is 6.10 Å². The van der Waals surface area contributed by atoms with Crippen molar-refractivity contribution in [1.29, 1.82) is 0 Å². The SMILES string of the molecule is CC1(C)CCN(c2c(-c3ccc(CNc4ncnc5c4Cc4ccccc4-5)cc3)cnc(Cl)c2[C@H](OC(C)(C)C)C(=O)O)CC1. The minimum atomic E-state index is -1.26. The van der Waals surface area contributed by atoms with Crippen LogP contribution in [0.1, 0.15) is 75.8 Å². The van der Waals surface area contributed by atoms with E-state index in [1.54, 1.807) is 12.5 Å². The zero-order valence-corrected chi connectivity index (χ0v) is 27.3. The molecule has 2 aromatic heterocycles. The molecule has 3 heterocycles. The van der Waals surface area contributed by atoms with Crippen LogP contribution in [0.15, 0.2) is 61.1 Å². The number of nitrogens with one attached hydrogen (secondary N) is 1. The Bertz CT molecular complexity index is 1720. The van der Waals surface area contributed by atoms with Crippen molar-refractivity contribution >= 4 is 29.1 Å². The number of aromatic nitrogens is 3. The molecule has 2 aliphatic rings. The number of aliphatic carboxylic acids is 1. The summed E-state index contributed by atoms with van der Waals surface area (Å²) < 4.78 is 6.11.